The lowest BCUT2D eigenvalue weighted by molar-refractivity contribution is -0.120. The van der Waals surface area contributed by atoms with Gasteiger partial charge in [0.15, 0.2) is 0 Å². The van der Waals surface area contributed by atoms with Crippen LogP contribution < -0.4 is 20.3 Å². The van der Waals surface area contributed by atoms with Gasteiger partial charge in [-0.05, 0) is 80.8 Å². The van der Waals surface area contributed by atoms with Gasteiger partial charge in [0.2, 0.25) is 0 Å². The molecule has 7 nitrogen and oxygen atoms in total. The summed E-state index contributed by atoms with van der Waals surface area (Å²) in [6.45, 7) is 7.73. The molecule has 0 saturated heterocycles. The Morgan fingerprint density at radius 2 is 1.50 bits per heavy atom. The first-order chi connectivity index (χ1) is 17.1. The fourth-order valence-corrected chi connectivity index (χ4v) is 4.39. The lowest BCUT2D eigenvalue weighted by Crippen LogP contribution is -2.32. The quantitative estimate of drug-likeness (QED) is 0.426. The lowest BCUT2D eigenvalue weighted by atomic mass is 10.0. The average molecular weight is 504 g/mol. The Balaban J connectivity index is 1.59. The second-order valence-corrected chi connectivity index (χ2v) is 9.09. The molecule has 4 rings (SSSR count). The molecule has 8 heteroatoms. The summed E-state index contributed by atoms with van der Waals surface area (Å²) < 4.78 is 5.14. The van der Waals surface area contributed by atoms with Crippen LogP contribution in [-0.2, 0) is 9.59 Å². The highest BCUT2D eigenvalue weighted by Gasteiger charge is 2.39. The van der Waals surface area contributed by atoms with Crippen molar-refractivity contribution in [2.75, 3.05) is 22.6 Å². The third kappa shape index (κ3) is 4.70. The van der Waals surface area contributed by atoms with Gasteiger partial charge in [-0.3, -0.25) is 14.4 Å². The monoisotopic (exact) mass is 503 g/mol. The Bertz CT molecular complexity index is 1400. The molecule has 1 aliphatic heterocycles. The summed E-state index contributed by atoms with van der Waals surface area (Å²) in [4.78, 5) is 40.0. The van der Waals surface area contributed by atoms with Crippen LogP contribution >= 0.6 is 11.6 Å². The Morgan fingerprint density at radius 3 is 2.11 bits per heavy atom. The fourth-order valence-electron chi connectivity index (χ4n) is 4.17. The molecule has 3 amide bonds. The number of nitrogens with zero attached hydrogens (tertiary/aromatic N) is 1. The van der Waals surface area contributed by atoms with Crippen molar-refractivity contribution >= 4 is 46.4 Å². The first-order valence-electron chi connectivity index (χ1n) is 11.3. The number of nitrogens with one attached hydrogen (secondary N) is 2. The maximum atomic E-state index is 13.1. The number of carbonyl (C=O) groups is 3. The fraction of sp³-hybridized carbons (Fsp3) is 0.179. The van der Waals surface area contributed by atoms with E-state index in [0.29, 0.717) is 22.7 Å². The van der Waals surface area contributed by atoms with E-state index < -0.39 is 11.8 Å². The van der Waals surface area contributed by atoms with Gasteiger partial charge in [-0.15, -0.1) is 0 Å². The molecule has 3 aromatic carbocycles. The minimum absolute atomic E-state index is 0.0524. The normalized spacial score (nSPS) is 13.3. The minimum atomic E-state index is -0.633. The van der Waals surface area contributed by atoms with E-state index in [1.807, 2.05) is 39.8 Å². The van der Waals surface area contributed by atoms with Crippen molar-refractivity contribution in [1.29, 1.82) is 0 Å². The molecule has 0 aliphatic carbocycles. The van der Waals surface area contributed by atoms with Crippen LogP contribution in [0.5, 0.6) is 5.75 Å². The predicted molar refractivity (Wildman–Crippen MR) is 142 cm³/mol. The molecule has 0 bridgehead atoms. The number of rotatable bonds is 6. The van der Waals surface area contributed by atoms with E-state index in [9.17, 15) is 14.4 Å². The zero-order chi connectivity index (χ0) is 26.1. The van der Waals surface area contributed by atoms with Crippen LogP contribution in [0, 0.1) is 27.7 Å². The van der Waals surface area contributed by atoms with Crippen molar-refractivity contribution in [1.82, 2.24) is 0 Å². The number of ether oxygens (including phenoxy) is 1. The standard InChI is InChI=1S/C28H26ClN3O4/c1-15-12-17(3)24(18(4)13-15)31-26(33)19-7-6-16(2)22(14-19)30-25-23(29)27(34)32(28(25)35)20-8-10-21(36-5)11-9-20/h6-14,30H,1-5H3,(H,31,33). The number of amides is 3. The Kier molecular flexibility index (Phi) is 6.86. The van der Waals surface area contributed by atoms with E-state index in [-0.39, 0.29) is 16.6 Å². The van der Waals surface area contributed by atoms with Gasteiger partial charge >= 0.3 is 0 Å². The third-order valence-corrected chi connectivity index (χ3v) is 6.38. The number of methoxy groups -OCH3 is 1. The van der Waals surface area contributed by atoms with E-state index in [2.05, 4.69) is 10.6 Å². The number of halogens is 1. The van der Waals surface area contributed by atoms with Crippen LogP contribution in [0.4, 0.5) is 17.1 Å². The Morgan fingerprint density at radius 1 is 0.861 bits per heavy atom. The van der Waals surface area contributed by atoms with Crippen LogP contribution in [0.2, 0.25) is 0 Å². The molecule has 0 unspecified atom stereocenters. The molecule has 1 heterocycles. The lowest BCUT2D eigenvalue weighted by Gasteiger charge is -2.16. The van der Waals surface area contributed by atoms with Gasteiger partial charge in [0, 0.05) is 16.9 Å². The number of benzene rings is 3. The molecular formula is C28H26ClN3O4. The molecule has 0 aromatic heterocycles. The van der Waals surface area contributed by atoms with E-state index in [1.165, 1.54) is 7.11 Å². The Labute approximate surface area is 214 Å². The van der Waals surface area contributed by atoms with Crippen LogP contribution in [0.25, 0.3) is 0 Å². The van der Waals surface area contributed by atoms with Crippen molar-refractivity contribution < 1.29 is 19.1 Å². The second-order valence-electron chi connectivity index (χ2n) is 8.72. The summed E-state index contributed by atoms with van der Waals surface area (Å²) in [7, 11) is 1.53. The highest BCUT2D eigenvalue weighted by atomic mass is 35.5. The molecule has 3 aromatic rings. The molecule has 0 spiro atoms. The topological polar surface area (TPSA) is 87.7 Å². The first kappa shape index (κ1) is 25.0. The average Bonchev–Trinajstić information content (AvgIpc) is 3.05. The van der Waals surface area contributed by atoms with Crippen molar-refractivity contribution in [3.8, 4) is 5.75 Å². The molecular weight excluding hydrogens is 478 g/mol. The Hall–Kier alpha value is -4.10. The van der Waals surface area contributed by atoms with E-state index >= 15 is 0 Å². The van der Waals surface area contributed by atoms with E-state index in [0.717, 1.165) is 32.8 Å². The number of aryl methyl sites for hydroxylation is 4. The second kappa shape index (κ2) is 9.87. The van der Waals surface area contributed by atoms with Gasteiger partial charge in [-0.25, -0.2) is 4.90 Å². The third-order valence-electron chi connectivity index (χ3n) is 6.03. The maximum Gasteiger partial charge on any atom is 0.283 e. The number of hydrogen-bond acceptors (Lipinski definition) is 5. The number of carbonyl (C=O) groups excluding carboxylic acids is 3. The molecule has 36 heavy (non-hydrogen) atoms. The molecule has 0 saturated carbocycles. The smallest absolute Gasteiger partial charge is 0.283 e. The number of imide groups is 1. The number of anilines is 3. The summed E-state index contributed by atoms with van der Waals surface area (Å²) in [5.41, 5.74) is 5.79. The van der Waals surface area contributed by atoms with Gasteiger partial charge in [-0.2, -0.15) is 0 Å². The predicted octanol–water partition coefficient (Wildman–Crippen LogP) is 5.62. The first-order valence-corrected chi connectivity index (χ1v) is 11.7. The molecule has 184 valence electrons. The van der Waals surface area contributed by atoms with Crippen molar-refractivity contribution in [3.63, 3.8) is 0 Å². The summed E-state index contributed by atoms with van der Waals surface area (Å²) in [6, 6.07) is 15.6. The maximum absolute atomic E-state index is 13.1. The van der Waals surface area contributed by atoms with E-state index in [1.54, 1.807) is 42.5 Å². The SMILES string of the molecule is COc1ccc(N2C(=O)C(Cl)=C(Nc3cc(C(=O)Nc4c(C)cc(C)cc4C)ccc3C)C2=O)cc1. The van der Waals surface area contributed by atoms with Crippen LogP contribution in [0.3, 0.4) is 0 Å². The van der Waals surface area contributed by atoms with Gasteiger partial charge < -0.3 is 15.4 Å². The van der Waals surface area contributed by atoms with Crippen LogP contribution in [0.15, 0.2) is 65.3 Å². The zero-order valence-corrected chi connectivity index (χ0v) is 21.4. The van der Waals surface area contributed by atoms with Gasteiger partial charge in [0.25, 0.3) is 17.7 Å². The summed E-state index contributed by atoms with van der Waals surface area (Å²) >= 11 is 6.29. The van der Waals surface area contributed by atoms with Gasteiger partial charge in [-0.1, -0.05) is 35.4 Å². The molecule has 0 radical (unpaired) electrons. The summed E-state index contributed by atoms with van der Waals surface area (Å²) in [5, 5.41) is 5.74. The molecule has 0 fully saturated rings. The summed E-state index contributed by atoms with van der Waals surface area (Å²) in [5.74, 6) is -0.916. The van der Waals surface area contributed by atoms with Crippen molar-refractivity contribution in [2.45, 2.75) is 27.7 Å². The van der Waals surface area contributed by atoms with Gasteiger partial charge in [0.1, 0.15) is 16.5 Å². The van der Waals surface area contributed by atoms with E-state index in [4.69, 9.17) is 16.3 Å². The molecule has 0 atom stereocenters. The summed E-state index contributed by atoms with van der Waals surface area (Å²) in [6.07, 6.45) is 0. The number of hydrogen-bond donors (Lipinski definition) is 2. The minimum Gasteiger partial charge on any atom is -0.497 e. The molecule has 1 aliphatic rings. The van der Waals surface area contributed by atoms with Crippen LogP contribution in [-0.4, -0.2) is 24.8 Å². The highest BCUT2D eigenvalue weighted by molar-refractivity contribution is 6.53. The van der Waals surface area contributed by atoms with Gasteiger partial charge in [0.05, 0.1) is 12.8 Å². The van der Waals surface area contributed by atoms with Crippen molar-refractivity contribution in [3.05, 3.63) is 93.1 Å². The molecule has 2 N–H and O–H groups in total. The zero-order valence-electron chi connectivity index (χ0n) is 20.7. The van der Waals surface area contributed by atoms with Crippen molar-refractivity contribution in [2.24, 2.45) is 0 Å². The highest BCUT2D eigenvalue weighted by Crippen LogP contribution is 2.32. The largest absolute Gasteiger partial charge is 0.497 e. The van der Waals surface area contributed by atoms with Crippen LogP contribution in [0.1, 0.15) is 32.6 Å².